The summed E-state index contributed by atoms with van der Waals surface area (Å²) in [6, 6.07) is 3.84. The fourth-order valence-corrected chi connectivity index (χ4v) is 1.50. The van der Waals surface area contributed by atoms with Crippen molar-refractivity contribution in [2.45, 2.75) is 13.8 Å². The van der Waals surface area contributed by atoms with Gasteiger partial charge < -0.3 is 14.4 Å². The molecule has 0 aromatic heterocycles. The highest BCUT2D eigenvalue weighted by molar-refractivity contribution is 5.72. The molecule has 1 aromatic rings. The van der Waals surface area contributed by atoms with E-state index < -0.39 is 11.0 Å². The van der Waals surface area contributed by atoms with Crippen LogP contribution < -0.4 is 9.47 Å². The Balaban J connectivity index is 3.00. The highest BCUT2D eigenvalue weighted by atomic mass is 16.6. The van der Waals surface area contributed by atoms with Gasteiger partial charge in [0.15, 0.2) is 11.5 Å². The zero-order valence-electron chi connectivity index (χ0n) is 11.1. The number of nitro groups is 1. The lowest BCUT2D eigenvalue weighted by atomic mass is 10.3. The molecular weight excluding hydrogens is 252 g/mol. The number of carbonyl (C=O) groups is 1. The molecule has 7 heteroatoms. The topological polar surface area (TPSA) is 81.9 Å². The van der Waals surface area contributed by atoms with Crippen LogP contribution in [0.4, 0.5) is 10.5 Å². The summed E-state index contributed by atoms with van der Waals surface area (Å²) in [5.74, 6) is 0.305. The molecule has 104 valence electrons. The van der Waals surface area contributed by atoms with Gasteiger partial charge in [-0.1, -0.05) is 0 Å². The largest absolute Gasteiger partial charge is 0.493 e. The second-order valence-corrected chi connectivity index (χ2v) is 3.63. The third kappa shape index (κ3) is 3.57. The van der Waals surface area contributed by atoms with Crippen molar-refractivity contribution in [2.24, 2.45) is 0 Å². The highest BCUT2D eigenvalue weighted by Gasteiger charge is 2.18. The van der Waals surface area contributed by atoms with Gasteiger partial charge in [0.05, 0.1) is 18.1 Å². The van der Waals surface area contributed by atoms with E-state index in [1.165, 1.54) is 30.2 Å². The number of rotatable bonds is 5. The Morgan fingerprint density at radius 1 is 1.32 bits per heavy atom. The summed E-state index contributed by atoms with van der Waals surface area (Å²) >= 11 is 0. The van der Waals surface area contributed by atoms with E-state index in [1.807, 2.05) is 13.8 Å². The Labute approximate surface area is 110 Å². The zero-order chi connectivity index (χ0) is 14.4. The number of hydrogen-bond acceptors (Lipinski definition) is 5. The predicted octanol–water partition coefficient (Wildman–Crippen LogP) is 2.44. The smallest absolute Gasteiger partial charge is 0.415 e. The normalized spacial score (nSPS) is 9.84. The van der Waals surface area contributed by atoms with Crippen LogP contribution in [0, 0.1) is 10.1 Å². The van der Waals surface area contributed by atoms with Gasteiger partial charge in [0.2, 0.25) is 0 Å². The standard InChI is InChI=1S/C12H16N2O5/c1-4-13(5-2)12(15)19-11-8-9(14(16)17)6-7-10(11)18-3/h6-8H,4-5H2,1-3H3. The molecule has 0 saturated carbocycles. The minimum atomic E-state index is -0.566. The number of carbonyl (C=O) groups excluding carboxylic acids is 1. The van der Waals surface area contributed by atoms with Crippen molar-refractivity contribution in [3.8, 4) is 11.5 Å². The van der Waals surface area contributed by atoms with Crippen LogP contribution in [0.1, 0.15) is 13.8 Å². The molecule has 1 amide bonds. The van der Waals surface area contributed by atoms with E-state index in [0.29, 0.717) is 13.1 Å². The third-order valence-electron chi connectivity index (χ3n) is 2.58. The molecule has 0 radical (unpaired) electrons. The molecule has 1 rings (SSSR count). The molecule has 0 aliphatic carbocycles. The number of amides is 1. The molecular formula is C12H16N2O5. The van der Waals surface area contributed by atoms with Crippen LogP contribution in [0.2, 0.25) is 0 Å². The van der Waals surface area contributed by atoms with Crippen molar-refractivity contribution >= 4 is 11.8 Å². The van der Waals surface area contributed by atoms with Crippen molar-refractivity contribution < 1.29 is 19.2 Å². The van der Waals surface area contributed by atoms with Crippen LogP contribution in [0.15, 0.2) is 18.2 Å². The summed E-state index contributed by atoms with van der Waals surface area (Å²) < 4.78 is 10.1. The quantitative estimate of drug-likeness (QED) is 0.605. The van der Waals surface area contributed by atoms with Crippen molar-refractivity contribution in [3.63, 3.8) is 0 Å². The van der Waals surface area contributed by atoms with Gasteiger partial charge in [0.1, 0.15) is 0 Å². The molecule has 0 fully saturated rings. The molecule has 0 bridgehead atoms. The number of benzene rings is 1. The van der Waals surface area contributed by atoms with E-state index in [0.717, 1.165) is 0 Å². The second kappa shape index (κ2) is 6.58. The summed E-state index contributed by atoms with van der Waals surface area (Å²) in [4.78, 5) is 23.4. The van der Waals surface area contributed by atoms with Gasteiger partial charge in [-0.15, -0.1) is 0 Å². The van der Waals surface area contributed by atoms with Gasteiger partial charge >= 0.3 is 6.09 Å². The van der Waals surface area contributed by atoms with Gasteiger partial charge in [0.25, 0.3) is 5.69 Å². The van der Waals surface area contributed by atoms with E-state index >= 15 is 0 Å². The van der Waals surface area contributed by atoms with E-state index in [-0.39, 0.29) is 17.2 Å². The minimum Gasteiger partial charge on any atom is -0.493 e. The van der Waals surface area contributed by atoms with Crippen LogP contribution >= 0.6 is 0 Å². The van der Waals surface area contributed by atoms with Crippen LogP contribution in [-0.4, -0.2) is 36.1 Å². The number of hydrogen-bond donors (Lipinski definition) is 0. The van der Waals surface area contributed by atoms with Crippen molar-refractivity contribution in [2.75, 3.05) is 20.2 Å². The minimum absolute atomic E-state index is 0.0357. The maximum Gasteiger partial charge on any atom is 0.415 e. The number of methoxy groups -OCH3 is 1. The fraction of sp³-hybridized carbons (Fsp3) is 0.417. The van der Waals surface area contributed by atoms with E-state index in [1.54, 1.807) is 0 Å². The average Bonchev–Trinajstić information content (AvgIpc) is 2.39. The Morgan fingerprint density at radius 2 is 1.95 bits per heavy atom. The lowest BCUT2D eigenvalue weighted by molar-refractivity contribution is -0.384. The number of ether oxygens (including phenoxy) is 2. The highest BCUT2D eigenvalue weighted by Crippen LogP contribution is 2.31. The van der Waals surface area contributed by atoms with E-state index in [4.69, 9.17) is 9.47 Å². The average molecular weight is 268 g/mol. The molecule has 0 atom stereocenters. The van der Waals surface area contributed by atoms with E-state index in [9.17, 15) is 14.9 Å². The first-order chi connectivity index (χ1) is 9.03. The van der Waals surface area contributed by atoms with Crippen LogP contribution in [0.25, 0.3) is 0 Å². The summed E-state index contributed by atoms with van der Waals surface area (Å²) in [7, 11) is 1.40. The number of nitrogens with zero attached hydrogens (tertiary/aromatic N) is 2. The molecule has 0 N–H and O–H groups in total. The summed E-state index contributed by atoms with van der Waals surface area (Å²) in [6.07, 6.45) is -0.566. The third-order valence-corrected chi connectivity index (χ3v) is 2.58. The number of nitro benzene ring substituents is 1. The van der Waals surface area contributed by atoms with Crippen molar-refractivity contribution in [1.82, 2.24) is 4.90 Å². The van der Waals surface area contributed by atoms with Crippen molar-refractivity contribution in [1.29, 1.82) is 0 Å². The Morgan fingerprint density at radius 3 is 2.42 bits per heavy atom. The first-order valence-corrected chi connectivity index (χ1v) is 5.82. The molecule has 19 heavy (non-hydrogen) atoms. The Hall–Kier alpha value is -2.31. The fourth-order valence-electron chi connectivity index (χ4n) is 1.50. The van der Waals surface area contributed by atoms with Gasteiger partial charge in [-0.2, -0.15) is 0 Å². The molecule has 1 aromatic carbocycles. The molecule has 0 spiro atoms. The maximum atomic E-state index is 11.8. The molecule has 0 unspecified atom stereocenters. The molecule has 0 aliphatic heterocycles. The predicted molar refractivity (Wildman–Crippen MR) is 68.6 cm³/mol. The monoisotopic (exact) mass is 268 g/mol. The summed E-state index contributed by atoms with van der Waals surface area (Å²) in [5.41, 5.74) is -0.164. The van der Waals surface area contributed by atoms with Gasteiger partial charge in [-0.05, 0) is 19.9 Å². The second-order valence-electron chi connectivity index (χ2n) is 3.63. The lowest BCUT2D eigenvalue weighted by Crippen LogP contribution is -2.33. The van der Waals surface area contributed by atoms with Gasteiger partial charge in [-0.3, -0.25) is 10.1 Å². The first kappa shape index (κ1) is 14.7. The molecule has 0 heterocycles. The molecule has 7 nitrogen and oxygen atoms in total. The Bertz CT molecular complexity index is 471. The summed E-state index contributed by atoms with van der Waals surface area (Å²) in [5, 5.41) is 10.7. The SMILES string of the molecule is CCN(CC)C(=O)Oc1cc([N+](=O)[O-])ccc1OC. The van der Waals surface area contributed by atoms with Gasteiger partial charge in [0, 0.05) is 19.2 Å². The van der Waals surface area contributed by atoms with Crippen LogP contribution in [-0.2, 0) is 0 Å². The molecule has 0 saturated heterocycles. The maximum absolute atomic E-state index is 11.8. The summed E-state index contributed by atoms with van der Waals surface area (Å²) in [6.45, 7) is 4.62. The lowest BCUT2D eigenvalue weighted by Gasteiger charge is -2.18. The van der Waals surface area contributed by atoms with Crippen molar-refractivity contribution in [3.05, 3.63) is 28.3 Å². The van der Waals surface area contributed by atoms with Crippen LogP contribution in [0.5, 0.6) is 11.5 Å². The zero-order valence-corrected chi connectivity index (χ0v) is 11.1. The Kier molecular flexibility index (Phi) is 5.11. The number of non-ortho nitro benzene ring substituents is 1. The van der Waals surface area contributed by atoms with Crippen LogP contribution in [0.3, 0.4) is 0 Å². The van der Waals surface area contributed by atoms with Gasteiger partial charge in [-0.25, -0.2) is 4.79 Å². The first-order valence-electron chi connectivity index (χ1n) is 5.82. The molecule has 0 aliphatic rings. The van der Waals surface area contributed by atoms with E-state index in [2.05, 4.69) is 0 Å².